The van der Waals surface area contributed by atoms with Crippen molar-refractivity contribution in [2.45, 2.75) is 34.2 Å². The fourth-order valence-corrected chi connectivity index (χ4v) is 0.673. The molecule has 0 aliphatic heterocycles. The minimum absolute atomic E-state index is 0.653. The van der Waals surface area contributed by atoms with Crippen LogP contribution in [-0.4, -0.2) is 9.78 Å². The Hall–Kier alpha value is -0.930. The first kappa shape index (κ1) is 11.1. The summed E-state index contributed by atoms with van der Waals surface area (Å²) in [6.07, 6.45) is 1.33. The number of alkyl halides is 2. The normalized spacial score (nSPS) is 9.58. The summed E-state index contributed by atoms with van der Waals surface area (Å²) in [5.74, 6) is 0. The summed E-state index contributed by atoms with van der Waals surface area (Å²) in [4.78, 5) is 0. The van der Waals surface area contributed by atoms with E-state index in [9.17, 15) is 8.78 Å². The lowest BCUT2D eigenvalue weighted by atomic mass is 10.3. The molecule has 0 saturated carbocycles. The van der Waals surface area contributed by atoms with E-state index in [0.29, 0.717) is 10.4 Å². The number of hydrogen-bond donors (Lipinski definition) is 0. The van der Waals surface area contributed by atoms with Gasteiger partial charge in [0.1, 0.15) is 0 Å². The van der Waals surface area contributed by atoms with Gasteiger partial charge in [0.15, 0.2) is 0 Å². The van der Waals surface area contributed by atoms with Gasteiger partial charge in [-0.3, -0.25) is 0 Å². The predicted molar refractivity (Wildman–Crippen MR) is 44.3 cm³/mol. The van der Waals surface area contributed by atoms with Crippen molar-refractivity contribution in [1.29, 1.82) is 0 Å². The van der Waals surface area contributed by atoms with Crippen molar-refractivity contribution in [2.24, 2.45) is 0 Å². The average Bonchev–Trinajstić information content (AvgIpc) is 2.36. The van der Waals surface area contributed by atoms with E-state index in [4.69, 9.17) is 0 Å². The standard InChI is InChI=1S/C6H8F2N2.C2H6/c1-4-3-10(6(7)8)9-5(4)2;1-2/h3,6H,1-2H3;1-2H3. The Morgan fingerprint density at radius 1 is 1.33 bits per heavy atom. The quantitative estimate of drug-likeness (QED) is 0.643. The Labute approximate surface area is 71.2 Å². The van der Waals surface area contributed by atoms with Gasteiger partial charge < -0.3 is 0 Å². The van der Waals surface area contributed by atoms with Crippen LogP contribution in [-0.2, 0) is 0 Å². The Morgan fingerprint density at radius 3 is 2.00 bits per heavy atom. The van der Waals surface area contributed by atoms with Crippen molar-refractivity contribution in [2.75, 3.05) is 0 Å². The van der Waals surface area contributed by atoms with Gasteiger partial charge in [0.2, 0.25) is 0 Å². The van der Waals surface area contributed by atoms with Gasteiger partial charge in [-0.1, -0.05) is 13.8 Å². The summed E-state index contributed by atoms with van der Waals surface area (Å²) in [5, 5.41) is 3.58. The highest BCUT2D eigenvalue weighted by Crippen LogP contribution is 2.11. The zero-order valence-electron chi connectivity index (χ0n) is 7.81. The number of rotatable bonds is 1. The largest absolute Gasteiger partial charge is 0.333 e. The molecule has 0 spiro atoms. The molecule has 0 fully saturated rings. The molecule has 0 atom stereocenters. The highest BCUT2D eigenvalue weighted by molar-refractivity contribution is 5.12. The van der Waals surface area contributed by atoms with Gasteiger partial charge in [-0.2, -0.15) is 13.9 Å². The van der Waals surface area contributed by atoms with E-state index in [1.54, 1.807) is 13.8 Å². The van der Waals surface area contributed by atoms with E-state index < -0.39 is 6.55 Å². The van der Waals surface area contributed by atoms with Gasteiger partial charge in [0.05, 0.1) is 5.69 Å². The smallest absolute Gasteiger partial charge is 0.211 e. The molecule has 1 aromatic heterocycles. The molecule has 70 valence electrons. The number of hydrogen-bond acceptors (Lipinski definition) is 1. The molecule has 0 aliphatic rings. The van der Waals surface area contributed by atoms with Gasteiger partial charge >= 0.3 is 6.55 Å². The van der Waals surface area contributed by atoms with Crippen LogP contribution < -0.4 is 0 Å². The van der Waals surface area contributed by atoms with E-state index in [-0.39, 0.29) is 0 Å². The molecule has 0 aliphatic carbocycles. The summed E-state index contributed by atoms with van der Waals surface area (Å²) in [5.41, 5.74) is 1.45. The van der Waals surface area contributed by atoms with Crippen LogP contribution in [0.3, 0.4) is 0 Å². The van der Waals surface area contributed by atoms with Crippen molar-refractivity contribution in [3.05, 3.63) is 17.5 Å². The molecule has 2 nitrogen and oxygen atoms in total. The molecule has 1 rings (SSSR count). The van der Waals surface area contributed by atoms with Gasteiger partial charge in [-0.15, -0.1) is 0 Å². The molecule has 4 heteroatoms. The number of aryl methyl sites for hydroxylation is 2. The third-order valence-electron chi connectivity index (χ3n) is 1.36. The van der Waals surface area contributed by atoms with Crippen molar-refractivity contribution < 1.29 is 8.78 Å². The van der Waals surface area contributed by atoms with E-state index in [1.807, 2.05) is 13.8 Å². The first-order chi connectivity index (χ1) is 5.61. The number of aromatic nitrogens is 2. The topological polar surface area (TPSA) is 17.8 Å². The van der Waals surface area contributed by atoms with Gasteiger partial charge in [0, 0.05) is 6.20 Å². The zero-order chi connectivity index (χ0) is 9.72. The number of halogens is 2. The Morgan fingerprint density at radius 2 is 1.83 bits per heavy atom. The van der Waals surface area contributed by atoms with Crippen molar-refractivity contribution in [1.82, 2.24) is 9.78 Å². The van der Waals surface area contributed by atoms with Crippen LogP contribution in [0.15, 0.2) is 6.20 Å². The molecule has 12 heavy (non-hydrogen) atoms. The van der Waals surface area contributed by atoms with Crippen LogP contribution in [0.2, 0.25) is 0 Å². The highest BCUT2D eigenvalue weighted by Gasteiger charge is 2.07. The molecular weight excluding hydrogens is 162 g/mol. The predicted octanol–water partition coefficient (Wildman–Crippen LogP) is 2.92. The molecule has 1 heterocycles. The van der Waals surface area contributed by atoms with Gasteiger partial charge in [0.25, 0.3) is 0 Å². The minimum Gasteiger partial charge on any atom is -0.211 e. The first-order valence-electron chi connectivity index (χ1n) is 3.92. The molecule has 0 saturated heterocycles. The Balaban J connectivity index is 0.000000561. The molecule has 0 unspecified atom stereocenters. The lowest BCUT2D eigenvalue weighted by molar-refractivity contribution is 0.0562. The van der Waals surface area contributed by atoms with E-state index >= 15 is 0 Å². The monoisotopic (exact) mass is 176 g/mol. The van der Waals surface area contributed by atoms with Crippen LogP contribution in [0, 0.1) is 13.8 Å². The maximum atomic E-state index is 11.9. The SMILES string of the molecule is CC.Cc1cn(C(F)F)nc1C. The third kappa shape index (κ3) is 2.60. The van der Waals surface area contributed by atoms with Crippen LogP contribution >= 0.6 is 0 Å². The van der Waals surface area contributed by atoms with Crippen LogP contribution in [0.1, 0.15) is 31.7 Å². The minimum atomic E-state index is -2.52. The number of nitrogens with zero attached hydrogens (tertiary/aromatic N) is 2. The summed E-state index contributed by atoms with van der Waals surface area (Å²) in [6, 6.07) is 0. The van der Waals surface area contributed by atoms with Gasteiger partial charge in [-0.05, 0) is 19.4 Å². The molecule has 0 radical (unpaired) electrons. The molecule has 1 aromatic rings. The van der Waals surface area contributed by atoms with Crippen molar-refractivity contribution in [3.63, 3.8) is 0 Å². The average molecular weight is 176 g/mol. The zero-order valence-corrected chi connectivity index (χ0v) is 7.81. The maximum absolute atomic E-state index is 11.9. The van der Waals surface area contributed by atoms with Crippen LogP contribution in [0.5, 0.6) is 0 Å². The first-order valence-corrected chi connectivity index (χ1v) is 3.92. The van der Waals surface area contributed by atoms with Crippen LogP contribution in [0.4, 0.5) is 8.78 Å². The van der Waals surface area contributed by atoms with E-state index in [1.165, 1.54) is 6.20 Å². The fourth-order valence-electron chi connectivity index (χ4n) is 0.673. The highest BCUT2D eigenvalue weighted by atomic mass is 19.3. The van der Waals surface area contributed by atoms with Crippen molar-refractivity contribution in [3.8, 4) is 0 Å². The van der Waals surface area contributed by atoms with Crippen molar-refractivity contribution >= 4 is 0 Å². The lowest BCUT2D eigenvalue weighted by Gasteiger charge is -1.94. The van der Waals surface area contributed by atoms with E-state index in [2.05, 4.69) is 5.10 Å². The van der Waals surface area contributed by atoms with Gasteiger partial charge in [-0.25, -0.2) is 4.68 Å². The molecular formula is C8H14F2N2. The summed E-state index contributed by atoms with van der Waals surface area (Å²) >= 11 is 0. The third-order valence-corrected chi connectivity index (χ3v) is 1.36. The van der Waals surface area contributed by atoms with E-state index in [0.717, 1.165) is 5.56 Å². The summed E-state index contributed by atoms with van der Waals surface area (Å²) in [6.45, 7) is 4.93. The van der Waals surface area contributed by atoms with Crippen LogP contribution in [0.25, 0.3) is 0 Å². The molecule has 0 bridgehead atoms. The second kappa shape index (κ2) is 4.85. The fraction of sp³-hybridized carbons (Fsp3) is 0.625. The molecule has 0 N–H and O–H groups in total. The second-order valence-corrected chi connectivity index (χ2v) is 2.16. The second-order valence-electron chi connectivity index (χ2n) is 2.16. The maximum Gasteiger partial charge on any atom is 0.333 e. The molecule has 0 amide bonds. The summed E-state index contributed by atoms with van der Waals surface area (Å²) in [7, 11) is 0. The summed E-state index contributed by atoms with van der Waals surface area (Å²) < 4.78 is 24.4. The lowest BCUT2D eigenvalue weighted by Crippen LogP contribution is -1.97. The molecule has 0 aromatic carbocycles. The Kier molecular flexibility index (Phi) is 4.47. The Bertz CT molecular complexity index is 211.